The van der Waals surface area contributed by atoms with Gasteiger partial charge in [0.1, 0.15) is 49.4 Å². The van der Waals surface area contributed by atoms with Gasteiger partial charge in [-0.25, -0.2) is 29.9 Å². The number of hydrogen-bond donors (Lipinski definition) is 3. The third kappa shape index (κ3) is 10.8. The van der Waals surface area contributed by atoms with E-state index in [-0.39, 0.29) is 54.3 Å². The van der Waals surface area contributed by atoms with Crippen molar-refractivity contribution in [2.24, 2.45) is 5.92 Å². The van der Waals surface area contributed by atoms with Crippen LogP contribution in [-0.4, -0.2) is 114 Å². The van der Waals surface area contributed by atoms with Gasteiger partial charge in [0.25, 0.3) is 11.8 Å². The van der Waals surface area contributed by atoms with E-state index in [0.717, 1.165) is 0 Å². The molecule has 10 atom stereocenters. The molecule has 3 fully saturated rings. The lowest BCUT2D eigenvalue weighted by Gasteiger charge is -2.41. The zero-order valence-corrected chi connectivity index (χ0v) is 43.7. The molecule has 0 spiro atoms. The second kappa shape index (κ2) is 20.6. The van der Waals surface area contributed by atoms with E-state index in [1.165, 1.54) is 25.3 Å². The molecule has 0 aliphatic carbocycles. The summed E-state index contributed by atoms with van der Waals surface area (Å²) < 4.78 is 56.0. The molecule has 0 saturated carbocycles. The lowest BCUT2D eigenvalue weighted by atomic mass is 10.0. The zero-order chi connectivity index (χ0) is 50.3. The molecule has 6 aromatic rings. The summed E-state index contributed by atoms with van der Waals surface area (Å²) in [5.41, 5.74) is 2.05. The lowest BCUT2D eigenvalue weighted by Crippen LogP contribution is -2.49. The van der Waals surface area contributed by atoms with E-state index < -0.39 is 76.6 Å². The number of imidazole rings is 2. The SMILES string of the molecule is C[C@H]1[C@H]2OP(=S)(OCCC#N)OC[C@@H]3O[C@H](n4cnc5c(NC(=O)c6ccccc6)ncnc54)[C@@H](O[Si](C)(C)C(C)(C)C)[C@H]3OP(O)(=S)OC[C@@H]2O[C@@H]1n1cnc2c(NC(=O)c3ccccc3)ncnc21. The summed E-state index contributed by atoms with van der Waals surface area (Å²) in [6, 6.07) is 19.4. The molecule has 9 rings (SSSR count). The first-order valence-corrected chi connectivity index (χ1v) is 30.6. The number of amides is 2. The molecule has 22 nitrogen and oxygen atoms in total. The van der Waals surface area contributed by atoms with Crippen LogP contribution in [0.4, 0.5) is 11.6 Å². The van der Waals surface area contributed by atoms with Crippen LogP contribution in [0.2, 0.25) is 18.1 Å². The summed E-state index contributed by atoms with van der Waals surface area (Å²) in [6.07, 6.45) is -1.40. The third-order valence-electron chi connectivity index (χ3n) is 12.7. The van der Waals surface area contributed by atoms with Crippen molar-refractivity contribution in [3.63, 3.8) is 0 Å². The Morgan fingerprint density at radius 3 is 1.87 bits per heavy atom. The van der Waals surface area contributed by atoms with Crippen LogP contribution < -0.4 is 10.6 Å². The van der Waals surface area contributed by atoms with Crippen LogP contribution in [-0.2, 0) is 60.1 Å². The van der Waals surface area contributed by atoms with Gasteiger partial charge in [0.05, 0.1) is 45.0 Å². The molecule has 71 heavy (non-hydrogen) atoms. The van der Waals surface area contributed by atoms with Crippen LogP contribution in [0.3, 0.4) is 0 Å². The van der Waals surface area contributed by atoms with Crippen molar-refractivity contribution in [2.45, 2.75) is 95.2 Å². The molecule has 3 saturated heterocycles. The van der Waals surface area contributed by atoms with E-state index in [9.17, 15) is 19.7 Å². The monoisotopic (exact) mass is 1060 g/mol. The molecule has 3 N–H and O–H groups in total. The molecular weight excluding hydrogens is 1010 g/mol. The van der Waals surface area contributed by atoms with Gasteiger partial charge in [-0.05, 0) is 66.0 Å². The van der Waals surface area contributed by atoms with Crippen LogP contribution in [0.1, 0.15) is 67.3 Å². The number of carbonyl (C=O) groups excluding carboxylic acids is 2. The molecule has 2 unspecified atom stereocenters. The quantitative estimate of drug-likeness (QED) is 0.0659. The average molecular weight is 1060 g/mol. The number of nitrogens with one attached hydrogen (secondary N) is 2. The number of hydrogen-bond acceptors (Lipinski definition) is 19. The van der Waals surface area contributed by atoms with E-state index in [4.69, 9.17) is 60.1 Å². The number of aromatic nitrogens is 8. The molecule has 27 heteroatoms. The Labute approximate surface area is 419 Å². The third-order valence-corrected chi connectivity index (χ3v) is 21.1. The van der Waals surface area contributed by atoms with Gasteiger partial charge in [0.15, 0.2) is 48.5 Å². The second-order valence-electron chi connectivity index (χ2n) is 18.5. The van der Waals surface area contributed by atoms with Gasteiger partial charge in [0.2, 0.25) is 0 Å². The van der Waals surface area contributed by atoms with Crippen LogP contribution in [0.25, 0.3) is 22.3 Å². The first kappa shape index (κ1) is 51.0. The van der Waals surface area contributed by atoms with Crippen molar-refractivity contribution < 1.29 is 51.0 Å². The molecule has 374 valence electrons. The van der Waals surface area contributed by atoms with Crippen molar-refractivity contribution in [1.29, 1.82) is 5.26 Å². The van der Waals surface area contributed by atoms with Crippen LogP contribution >= 0.6 is 13.4 Å². The Morgan fingerprint density at radius 1 is 0.803 bits per heavy atom. The van der Waals surface area contributed by atoms with E-state index in [1.54, 1.807) is 57.7 Å². The zero-order valence-electron chi connectivity index (χ0n) is 39.3. The molecule has 2 amide bonds. The van der Waals surface area contributed by atoms with Crippen molar-refractivity contribution in [3.05, 3.63) is 97.1 Å². The van der Waals surface area contributed by atoms with Crippen molar-refractivity contribution in [3.8, 4) is 6.07 Å². The summed E-state index contributed by atoms with van der Waals surface area (Å²) in [6.45, 7) is 3.39. The molecular formula is C44H51N11O11P2S2Si. The largest absolute Gasteiger partial charge is 0.407 e. The van der Waals surface area contributed by atoms with Crippen molar-refractivity contribution in [1.82, 2.24) is 39.0 Å². The fourth-order valence-corrected chi connectivity index (χ4v) is 13.0. The smallest absolute Gasteiger partial charge is 0.327 e. The van der Waals surface area contributed by atoms with E-state index in [0.29, 0.717) is 27.9 Å². The lowest BCUT2D eigenvalue weighted by molar-refractivity contribution is -0.0601. The molecule has 3 aliphatic rings. The summed E-state index contributed by atoms with van der Waals surface area (Å²) in [5.74, 6) is -0.983. The number of nitriles is 1. The highest BCUT2D eigenvalue weighted by Crippen LogP contribution is 2.58. The molecule has 4 aromatic heterocycles. The standard InChI is InChI=1S/C44H51N11O11P2S2Si/c1-26-33-29(62-42(26)54-24-50-31-36(46-22-48-38(31)54)52-40(56)27-14-9-7-10-15-27)20-60-67(58,69)64-34-30(21-61-68(70,65-33)59-19-13-18-45)63-43(35(34)66-71(5,6)44(2,3)4)55-25-51-32-37(47-23-49-39(32)55)53-41(57)28-16-11-8-12-17-28/h7-12,14-17,22-26,29-30,33-35,42-43H,13,19-21H2,1-6H3,(H,58,69)(H,46,48,52,56)(H,47,49,53,57)/t26-,29-,30-,33+,34-,35-,42-,43-,67?,68?/m0/s1. The summed E-state index contributed by atoms with van der Waals surface area (Å²) >= 11 is 11.9. The molecule has 3 aliphatic heterocycles. The van der Waals surface area contributed by atoms with E-state index in [2.05, 4.69) is 80.5 Å². The molecule has 2 aromatic carbocycles. The topological polar surface area (TPSA) is 263 Å². The highest BCUT2D eigenvalue weighted by Gasteiger charge is 2.55. The van der Waals surface area contributed by atoms with Gasteiger partial charge >= 0.3 is 13.4 Å². The van der Waals surface area contributed by atoms with Gasteiger partial charge in [-0.2, -0.15) is 5.26 Å². The summed E-state index contributed by atoms with van der Waals surface area (Å²) in [5, 5.41) is 14.8. The minimum atomic E-state index is -4.21. The van der Waals surface area contributed by atoms with Crippen LogP contribution in [0, 0.1) is 17.2 Å². The molecule has 0 bridgehead atoms. The van der Waals surface area contributed by atoms with E-state index in [1.807, 2.05) is 19.1 Å². The highest BCUT2D eigenvalue weighted by molar-refractivity contribution is 8.07. The van der Waals surface area contributed by atoms with Crippen molar-refractivity contribution in [2.75, 3.05) is 30.5 Å². The fraction of sp³-hybridized carbons (Fsp3) is 0.432. The van der Waals surface area contributed by atoms with E-state index >= 15 is 0 Å². The Morgan fingerprint density at radius 2 is 1.32 bits per heavy atom. The number of benzene rings is 2. The second-order valence-corrected chi connectivity index (χ2v) is 29.0. The predicted molar refractivity (Wildman–Crippen MR) is 267 cm³/mol. The first-order valence-electron chi connectivity index (χ1n) is 22.5. The normalized spacial score (nSPS) is 28.3. The maximum atomic E-state index is 13.2. The molecule has 7 heterocycles. The fourth-order valence-electron chi connectivity index (χ4n) is 8.10. The Kier molecular flexibility index (Phi) is 14.8. The predicted octanol–water partition coefficient (Wildman–Crippen LogP) is 7.18. The number of rotatable bonds is 11. The van der Waals surface area contributed by atoms with Gasteiger partial charge in [-0.3, -0.25) is 23.2 Å². The van der Waals surface area contributed by atoms with Crippen LogP contribution in [0.5, 0.6) is 0 Å². The number of carbonyl (C=O) groups is 2. The van der Waals surface area contributed by atoms with Crippen molar-refractivity contribution >= 4 is 91.1 Å². The minimum absolute atomic E-state index is 0.0200. The van der Waals surface area contributed by atoms with Gasteiger partial charge in [0, 0.05) is 17.0 Å². The average Bonchev–Trinajstić information content (AvgIpc) is 4.12. The molecule has 0 radical (unpaired) electrons. The number of fused-ring (bicyclic) bond motifs is 4. The minimum Gasteiger partial charge on any atom is -0.407 e. The maximum Gasteiger partial charge on any atom is 0.327 e. The summed E-state index contributed by atoms with van der Waals surface area (Å²) in [7, 11) is -2.73. The highest BCUT2D eigenvalue weighted by atomic mass is 32.5. The maximum absolute atomic E-state index is 13.2. The van der Waals surface area contributed by atoms with Gasteiger partial charge < -0.3 is 47.5 Å². The number of anilines is 2. The Balaban J connectivity index is 1.04. The van der Waals surface area contributed by atoms with Gasteiger partial charge in [-0.15, -0.1) is 0 Å². The first-order chi connectivity index (χ1) is 33.9. The van der Waals surface area contributed by atoms with Crippen LogP contribution in [0.15, 0.2) is 86.0 Å². The number of nitrogens with zero attached hydrogens (tertiary/aromatic N) is 9. The number of ether oxygens (including phenoxy) is 2. The van der Waals surface area contributed by atoms with Gasteiger partial charge in [-0.1, -0.05) is 64.1 Å². The Hall–Kier alpha value is -4.87. The summed E-state index contributed by atoms with van der Waals surface area (Å²) in [4.78, 5) is 65.2. The Bertz CT molecular complexity index is 3070.